The summed E-state index contributed by atoms with van der Waals surface area (Å²) in [5, 5.41) is 7.16. The van der Waals surface area contributed by atoms with E-state index in [1.807, 2.05) is 35.7 Å². The Morgan fingerprint density at radius 2 is 1.26 bits per heavy atom. The van der Waals surface area contributed by atoms with Gasteiger partial charge in [-0.2, -0.15) is 0 Å². The summed E-state index contributed by atoms with van der Waals surface area (Å²) in [7, 11) is 0. The molecule has 5 heteroatoms. The van der Waals surface area contributed by atoms with E-state index in [0.717, 1.165) is 55.3 Å². The van der Waals surface area contributed by atoms with Crippen LogP contribution in [0, 0.1) is 6.57 Å². The van der Waals surface area contributed by atoms with Gasteiger partial charge in [-0.25, -0.2) is 9.83 Å². The van der Waals surface area contributed by atoms with Gasteiger partial charge in [-0.15, -0.1) is 11.3 Å². The van der Waals surface area contributed by atoms with Crippen LogP contribution in [0.3, 0.4) is 0 Å². The molecule has 0 atom stereocenters. The average Bonchev–Trinajstić information content (AvgIpc) is 3.79. The lowest BCUT2D eigenvalue weighted by atomic mass is 10.0. The van der Waals surface area contributed by atoms with Crippen molar-refractivity contribution >= 4 is 80.9 Å². The van der Waals surface area contributed by atoms with E-state index in [2.05, 4.69) is 135 Å². The summed E-state index contributed by atoms with van der Waals surface area (Å²) in [6.07, 6.45) is 1.89. The van der Waals surface area contributed by atoms with Crippen molar-refractivity contribution in [1.29, 1.82) is 0 Å². The molecule has 0 aliphatic heterocycles. The Morgan fingerprint density at radius 3 is 2.09 bits per heavy atom. The first-order chi connectivity index (χ1) is 23.3. The Kier molecular flexibility index (Phi) is 5.48. The molecule has 0 spiro atoms. The first-order valence-electron chi connectivity index (χ1n) is 15.6. The topological polar surface area (TPSA) is 27.1 Å². The van der Waals surface area contributed by atoms with Gasteiger partial charge < -0.3 is 4.57 Å². The number of thiophene rings is 1. The summed E-state index contributed by atoms with van der Waals surface area (Å²) in [6, 6.07) is 49.4. The molecule has 4 aromatic heterocycles. The van der Waals surface area contributed by atoms with Gasteiger partial charge in [0.25, 0.3) is 0 Å². The average molecular weight is 617 g/mol. The fourth-order valence-corrected chi connectivity index (χ4v) is 8.46. The summed E-state index contributed by atoms with van der Waals surface area (Å²) in [6.45, 7) is 7.56. The minimum Gasteiger partial charge on any atom is -0.309 e. The van der Waals surface area contributed by atoms with Gasteiger partial charge in [0.15, 0.2) is 5.69 Å². The summed E-state index contributed by atoms with van der Waals surface area (Å²) >= 11 is 1.84. The van der Waals surface area contributed by atoms with Crippen LogP contribution in [0.5, 0.6) is 0 Å². The lowest BCUT2D eigenvalue weighted by molar-refractivity contribution is 1.14. The van der Waals surface area contributed by atoms with E-state index >= 15 is 0 Å². The third kappa shape index (κ3) is 3.77. The third-order valence-corrected chi connectivity index (χ3v) is 10.5. The minimum atomic E-state index is 0.651. The van der Waals surface area contributed by atoms with Crippen LogP contribution in [0.1, 0.15) is 0 Å². The molecule has 10 rings (SSSR count). The molecule has 6 aromatic carbocycles. The van der Waals surface area contributed by atoms with E-state index in [1.54, 1.807) is 0 Å². The lowest BCUT2D eigenvalue weighted by Gasteiger charge is -2.13. The zero-order chi connectivity index (χ0) is 31.1. The number of nitrogens with zero attached hydrogens (tertiary/aromatic N) is 4. The van der Waals surface area contributed by atoms with Gasteiger partial charge in [0.1, 0.15) is 5.65 Å². The van der Waals surface area contributed by atoms with E-state index in [9.17, 15) is 0 Å². The molecular weight excluding hydrogens is 593 g/mol. The van der Waals surface area contributed by atoms with Crippen molar-refractivity contribution in [2.45, 2.75) is 0 Å². The standard InChI is InChI=1S/C42H24N4S/c1-43-28-18-20-37-35(25-28)31-13-2-4-16-36(31)45(37)29-11-6-9-26(23-29)27-10-7-12-30(24-27)46-41-32(33-15-8-22-44-42(33)46)19-21-39-40(41)34-14-3-5-17-38(34)47-39/h2-25H. The van der Waals surface area contributed by atoms with Crippen molar-refractivity contribution in [1.82, 2.24) is 14.1 Å². The highest BCUT2D eigenvalue weighted by Gasteiger charge is 2.19. The van der Waals surface area contributed by atoms with Crippen LogP contribution in [0.15, 0.2) is 146 Å². The van der Waals surface area contributed by atoms with Crippen molar-refractivity contribution in [3.63, 3.8) is 0 Å². The summed E-state index contributed by atoms with van der Waals surface area (Å²) in [5.74, 6) is 0. The van der Waals surface area contributed by atoms with Gasteiger partial charge in [-0.1, -0.05) is 72.8 Å². The molecule has 218 valence electrons. The van der Waals surface area contributed by atoms with E-state index in [1.165, 1.54) is 31.1 Å². The predicted molar refractivity (Wildman–Crippen MR) is 198 cm³/mol. The molecule has 4 nitrogen and oxygen atoms in total. The highest BCUT2D eigenvalue weighted by Crippen LogP contribution is 2.43. The van der Waals surface area contributed by atoms with Gasteiger partial charge in [0.2, 0.25) is 0 Å². The second-order valence-corrected chi connectivity index (χ2v) is 13.0. The van der Waals surface area contributed by atoms with Crippen molar-refractivity contribution in [3.05, 3.63) is 157 Å². The number of rotatable bonds is 3. The van der Waals surface area contributed by atoms with E-state index in [-0.39, 0.29) is 0 Å². The Labute approximate surface area is 273 Å². The second-order valence-electron chi connectivity index (χ2n) is 11.9. The summed E-state index contributed by atoms with van der Waals surface area (Å²) < 4.78 is 7.23. The monoisotopic (exact) mass is 616 g/mol. The SMILES string of the molecule is [C-]#[N+]c1ccc2c(c1)c1ccccc1n2-c1cccc(-c2cccc(-n3c4ncccc4c4ccc5sc6ccccc6c5c43)c2)c1. The van der Waals surface area contributed by atoms with Gasteiger partial charge in [0, 0.05) is 53.9 Å². The van der Waals surface area contributed by atoms with Gasteiger partial charge in [-0.05, 0) is 83.2 Å². The van der Waals surface area contributed by atoms with Crippen LogP contribution in [0.25, 0.3) is 91.3 Å². The molecule has 0 saturated carbocycles. The van der Waals surface area contributed by atoms with Crippen LogP contribution in [0.2, 0.25) is 0 Å². The van der Waals surface area contributed by atoms with Crippen LogP contribution < -0.4 is 0 Å². The van der Waals surface area contributed by atoms with Crippen molar-refractivity contribution < 1.29 is 0 Å². The first-order valence-corrected chi connectivity index (χ1v) is 16.4. The highest BCUT2D eigenvalue weighted by molar-refractivity contribution is 7.26. The Bertz CT molecular complexity index is 2930. The maximum absolute atomic E-state index is 7.56. The molecule has 0 fully saturated rings. The van der Waals surface area contributed by atoms with Crippen LogP contribution >= 0.6 is 11.3 Å². The van der Waals surface area contributed by atoms with E-state index in [4.69, 9.17) is 11.6 Å². The Hall–Kier alpha value is -6.22. The molecule has 0 radical (unpaired) electrons. The molecule has 10 aromatic rings. The molecule has 4 heterocycles. The number of aromatic nitrogens is 3. The van der Waals surface area contributed by atoms with E-state index in [0.29, 0.717) is 5.69 Å². The number of pyridine rings is 1. The summed E-state index contributed by atoms with van der Waals surface area (Å²) in [4.78, 5) is 8.62. The van der Waals surface area contributed by atoms with Crippen LogP contribution in [-0.4, -0.2) is 14.1 Å². The smallest absolute Gasteiger partial charge is 0.188 e. The zero-order valence-electron chi connectivity index (χ0n) is 25.1. The van der Waals surface area contributed by atoms with Crippen molar-refractivity contribution in [2.24, 2.45) is 0 Å². The molecule has 0 amide bonds. The van der Waals surface area contributed by atoms with Gasteiger partial charge >= 0.3 is 0 Å². The number of para-hydroxylation sites is 1. The quantitative estimate of drug-likeness (QED) is 0.181. The Balaban J connectivity index is 1.20. The maximum atomic E-state index is 7.56. The molecule has 47 heavy (non-hydrogen) atoms. The van der Waals surface area contributed by atoms with E-state index < -0.39 is 0 Å². The van der Waals surface area contributed by atoms with Gasteiger partial charge in [0.05, 0.1) is 23.1 Å². The Morgan fingerprint density at radius 1 is 0.532 bits per heavy atom. The van der Waals surface area contributed by atoms with Crippen molar-refractivity contribution in [3.8, 4) is 22.5 Å². The molecule has 0 aliphatic carbocycles. The maximum Gasteiger partial charge on any atom is 0.188 e. The fourth-order valence-electron chi connectivity index (χ4n) is 7.35. The zero-order valence-corrected chi connectivity index (χ0v) is 25.9. The van der Waals surface area contributed by atoms with Crippen LogP contribution in [-0.2, 0) is 0 Å². The van der Waals surface area contributed by atoms with Crippen molar-refractivity contribution in [2.75, 3.05) is 0 Å². The first kappa shape index (κ1) is 26.0. The number of hydrogen-bond acceptors (Lipinski definition) is 2. The molecule has 0 bridgehead atoms. The highest BCUT2D eigenvalue weighted by atomic mass is 32.1. The largest absolute Gasteiger partial charge is 0.309 e. The predicted octanol–water partition coefficient (Wildman–Crippen LogP) is 11.9. The third-order valence-electron chi connectivity index (χ3n) is 9.36. The molecule has 0 unspecified atom stereocenters. The molecule has 0 N–H and O–H groups in total. The molecule has 0 aliphatic rings. The fraction of sp³-hybridized carbons (Fsp3) is 0. The number of hydrogen-bond donors (Lipinski definition) is 0. The second kappa shape index (κ2) is 9.89. The van der Waals surface area contributed by atoms with Crippen LogP contribution in [0.4, 0.5) is 5.69 Å². The normalized spacial score (nSPS) is 11.8. The summed E-state index contributed by atoms with van der Waals surface area (Å²) in [5.41, 5.74) is 9.45. The minimum absolute atomic E-state index is 0.651. The number of fused-ring (bicyclic) bond motifs is 10. The molecular formula is C42H24N4S. The molecule has 0 saturated heterocycles. The lowest BCUT2D eigenvalue weighted by Crippen LogP contribution is -1.97. The van der Waals surface area contributed by atoms with Gasteiger partial charge in [-0.3, -0.25) is 4.57 Å². The number of benzene rings is 6.